The maximum Gasteiger partial charge on any atom is 0.229 e. The number of hydrogen-bond acceptors (Lipinski definition) is 12. The first-order chi connectivity index (χ1) is 59.3. The average molecular weight is 1650 g/mol. The van der Waals surface area contributed by atoms with Gasteiger partial charge in [0.2, 0.25) is 35.4 Å². The molecule has 19 fully saturated rings. The Morgan fingerprint density at radius 3 is 0.705 bits per heavy atom. The van der Waals surface area contributed by atoms with Crippen LogP contribution in [0.3, 0.4) is 0 Å². The van der Waals surface area contributed by atoms with Crippen molar-refractivity contribution in [3.8, 4) is 0 Å². The van der Waals surface area contributed by atoms with E-state index >= 15 is 0 Å². The number of ether oxygens (including phenoxy) is 6. The molecule has 6 amide bonds. The van der Waals surface area contributed by atoms with Gasteiger partial charge in [-0.1, -0.05) is 253 Å². The minimum atomic E-state index is -0.185. The molecule has 0 radical (unpaired) electrons. The van der Waals surface area contributed by atoms with Crippen molar-refractivity contribution in [1.29, 1.82) is 0 Å². The predicted molar refractivity (Wildman–Crippen MR) is 462 cm³/mol. The molecule has 6 aromatic carbocycles. The fourth-order valence-corrected chi connectivity index (χ4v) is 28.7. The van der Waals surface area contributed by atoms with Gasteiger partial charge in [-0.25, -0.2) is 0 Å². The smallest absolute Gasteiger partial charge is 0.229 e. The average Bonchev–Trinajstić information content (AvgIpc) is 1.52. The van der Waals surface area contributed by atoms with Gasteiger partial charge in [-0.05, 0) is 172 Å². The Kier molecular flexibility index (Phi) is 22.0. The second kappa shape index (κ2) is 32.7. The number of nitrogens with zero attached hydrogens (tertiary/aromatic N) is 6. The minimum Gasteiger partial charge on any atom is -0.351 e. The van der Waals surface area contributed by atoms with Gasteiger partial charge in [0.15, 0.2) is 37.4 Å². The molecule has 25 rings (SSSR count). The highest BCUT2D eigenvalue weighted by Gasteiger charge is 2.71. The topological polar surface area (TPSA) is 177 Å². The first kappa shape index (κ1) is 82.2. The van der Waals surface area contributed by atoms with E-state index in [1.165, 1.54) is 122 Å². The zero-order valence-corrected chi connectivity index (χ0v) is 72.7. The molecule has 12 aliphatic heterocycles. The van der Waals surface area contributed by atoms with E-state index in [1.54, 1.807) is 0 Å². The molecule has 20 unspecified atom stereocenters. The molecule has 12 saturated heterocycles. The maximum atomic E-state index is 13.1. The summed E-state index contributed by atoms with van der Waals surface area (Å²) in [6.45, 7) is 17.5. The number of rotatable bonds is 6. The number of benzene rings is 6. The highest BCUT2D eigenvalue weighted by molar-refractivity contribution is 5.88. The number of fused-ring (bicyclic) bond motifs is 22. The minimum absolute atomic E-state index is 0.0813. The summed E-state index contributed by atoms with van der Waals surface area (Å²) in [5, 5.41) is 0. The Bertz CT molecular complexity index is 4610. The van der Waals surface area contributed by atoms with Gasteiger partial charge in [0.1, 0.15) is 0 Å². The Hall–Kier alpha value is -8.10. The zero-order chi connectivity index (χ0) is 83.6. The summed E-state index contributed by atoms with van der Waals surface area (Å²) >= 11 is 0. The van der Waals surface area contributed by atoms with E-state index in [0.717, 1.165) is 71.4 Å². The summed E-state index contributed by atoms with van der Waals surface area (Å²) in [5.74, 6) is 7.78. The van der Waals surface area contributed by atoms with Gasteiger partial charge < -0.3 is 57.8 Å². The molecule has 19 aliphatic rings. The van der Waals surface area contributed by atoms with Crippen LogP contribution >= 0.6 is 0 Å². The lowest BCUT2D eigenvalue weighted by Crippen LogP contribution is -2.46. The number of carbonyl (C=O) groups is 6. The molecule has 12 heterocycles. The number of carbonyl (C=O) groups excluding carboxylic acids is 6. The van der Waals surface area contributed by atoms with Gasteiger partial charge in [0.25, 0.3) is 0 Å². The molecule has 122 heavy (non-hydrogen) atoms. The monoisotopic (exact) mass is 1650 g/mol. The van der Waals surface area contributed by atoms with E-state index in [-0.39, 0.29) is 106 Å². The van der Waals surface area contributed by atoms with Gasteiger partial charge in [0.05, 0.1) is 72.9 Å². The molecule has 646 valence electrons. The molecule has 26 atom stereocenters. The highest BCUT2D eigenvalue weighted by atomic mass is 16.5. The maximum absolute atomic E-state index is 13.1. The van der Waals surface area contributed by atoms with E-state index in [1.807, 2.05) is 114 Å². The van der Waals surface area contributed by atoms with Crippen molar-refractivity contribution in [1.82, 2.24) is 29.4 Å². The van der Waals surface area contributed by atoms with Crippen LogP contribution in [0.5, 0.6) is 0 Å². The van der Waals surface area contributed by atoms with Crippen LogP contribution in [0.15, 0.2) is 182 Å². The van der Waals surface area contributed by atoms with E-state index in [2.05, 4.69) is 139 Å². The molecule has 18 heteroatoms. The summed E-state index contributed by atoms with van der Waals surface area (Å²) in [6.07, 6.45) is 27.6. The Labute approximate surface area is 722 Å². The van der Waals surface area contributed by atoms with Crippen LogP contribution in [0, 0.1) is 82.9 Å². The first-order valence-corrected chi connectivity index (χ1v) is 47.3. The quantitative estimate of drug-likeness (QED) is 0.154. The van der Waals surface area contributed by atoms with Crippen molar-refractivity contribution in [2.75, 3.05) is 39.6 Å². The SMILES string of the molecule is C[C@@]12COC(c3ccccc3)N1C(=O)C1C3CCC(C3)C12.C[C@@]12COC(c3ccccc3)N1C(=O)C1CCCC12.C[C@@]12COC(c3ccccc3)N1C(=O)C1CCCCC12.C[C@@]12COC(c3ccccc3)N1C(=O)C1CCCCC12.C[C@@]12COC(c3ccccc3)N1C(=O)C1CCCCCC12.C[C@@]12COC(c3ccccc3)N1C(=O)C1CCCCCC12. The van der Waals surface area contributed by atoms with Gasteiger partial charge in [0, 0.05) is 68.9 Å². The molecule has 0 N–H and O–H groups in total. The fourth-order valence-electron chi connectivity index (χ4n) is 28.7. The standard InChI is InChI=1S/C18H21NO2.2C18H23NO2.2C17H21NO2.C16H19NO2/c1-18-10-21-17(11-5-3-2-4-6-11)19(18)16(20)14-12-7-8-13(9-12)15(14)18;2*1-18-12-21-17(13-8-4-2-5-9-13)19(18)16(20)14-10-6-3-7-11-15(14)18;2*1-17-11-20-16(12-7-3-2-4-8-12)18(17)15(19)13-9-5-6-10-14(13)17;1-16-10-19-15(11-6-3-2-4-7-11)17(16)14(18)12-8-5-9-13(12)16/h2-6,12-15,17H,7-10H2,1H3;2*2,4-5,8-9,14-15,17H,3,6-7,10-12H2,1H3;2*2-4,7-8,13-14,16H,5-6,9-11H2,1H3;2-4,6-7,12-13,15H,5,8-10H2,1H3/t12?,13?,14?,15?,17?,18-;2*14?,15?,17?,18-;2*13?,14?,16?,17-;12?,13?,15?,16-/m000000/s1. The first-order valence-electron chi connectivity index (χ1n) is 47.3. The molecule has 2 bridgehead atoms. The normalized spacial score (nSPS) is 40.9. The second-order valence-electron chi connectivity index (χ2n) is 41.1. The van der Waals surface area contributed by atoms with E-state index in [9.17, 15) is 28.8 Å². The van der Waals surface area contributed by atoms with Gasteiger partial charge in [-0.3, -0.25) is 28.8 Å². The van der Waals surface area contributed by atoms with Crippen LogP contribution in [0.2, 0.25) is 0 Å². The van der Waals surface area contributed by atoms with Crippen molar-refractivity contribution in [2.45, 2.75) is 266 Å². The van der Waals surface area contributed by atoms with Crippen LogP contribution in [-0.2, 0) is 57.2 Å². The van der Waals surface area contributed by atoms with Crippen molar-refractivity contribution < 1.29 is 57.2 Å². The Morgan fingerprint density at radius 2 is 0.434 bits per heavy atom. The molecule has 0 aromatic heterocycles. The number of hydrogen-bond donors (Lipinski definition) is 0. The van der Waals surface area contributed by atoms with Crippen molar-refractivity contribution in [3.05, 3.63) is 215 Å². The largest absolute Gasteiger partial charge is 0.351 e. The van der Waals surface area contributed by atoms with Gasteiger partial charge in [-0.2, -0.15) is 0 Å². The molecule has 18 nitrogen and oxygen atoms in total. The summed E-state index contributed by atoms with van der Waals surface area (Å²) in [6, 6.07) is 61.0. The van der Waals surface area contributed by atoms with E-state index in [0.29, 0.717) is 117 Å². The third-order valence-corrected chi connectivity index (χ3v) is 34.4. The van der Waals surface area contributed by atoms with Crippen molar-refractivity contribution in [3.63, 3.8) is 0 Å². The van der Waals surface area contributed by atoms with E-state index in [4.69, 9.17) is 28.4 Å². The highest BCUT2D eigenvalue weighted by Crippen LogP contribution is 2.66. The molecule has 0 spiro atoms. The molecule has 7 saturated carbocycles. The second-order valence-corrected chi connectivity index (χ2v) is 41.1. The van der Waals surface area contributed by atoms with Crippen LogP contribution in [0.4, 0.5) is 0 Å². The van der Waals surface area contributed by atoms with Crippen LogP contribution < -0.4 is 0 Å². The molecule has 6 aromatic rings. The summed E-state index contributed by atoms with van der Waals surface area (Å²) in [5.41, 5.74) is 6.05. The Morgan fingerprint density at radius 1 is 0.230 bits per heavy atom. The van der Waals surface area contributed by atoms with Crippen LogP contribution in [0.25, 0.3) is 0 Å². The third-order valence-electron chi connectivity index (χ3n) is 34.4. The summed E-state index contributed by atoms with van der Waals surface area (Å²) in [4.78, 5) is 89.9. The fraction of sp³-hybridized carbons (Fsp3) is 0.596. The molecule has 7 aliphatic carbocycles. The van der Waals surface area contributed by atoms with Gasteiger partial charge in [-0.15, -0.1) is 0 Å². The van der Waals surface area contributed by atoms with Crippen molar-refractivity contribution >= 4 is 35.4 Å². The van der Waals surface area contributed by atoms with Gasteiger partial charge >= 0.3 is 0 Å². The summed E-state index contributed by atoms with van der Waals surface area (Å²) in [7, 11) is 0. The number of amides is 6. The zero-order valence-electron chi connectivity index (χ0n) is 72.7. The lowest BCUT2D eigenvalue weighted by atomic mass is 9.73. The van der Waals surface area contributed by atoms with Crippen LogP contribution in [-0.4, -0.2) is 138 Å². The lowest BCUT2D eigenvalue weighted by molar-refractivity contribution is -0.140. The van der Waals surface area contributed by atoms with Crippen molar-refractivity contribution in [2.24, 2.45) is 82.9 Å². The third kappa shape index (κ3) is 13.4. The predicted octanol–water partition coefficient (Wildman–Crippen LogP) is 19.0. The van der Waals surface area contributed by atoms with E-state index < -0.39 is 0 Å². The molecular weight excluding hydrogens is 1530 g/mol. The summed E-state index contributed by atoms with van der Waals surface area (Å²) < 4.78 is 36.3. The lowest BCUT2D eigenvalue weighted by Gasteiger charge is -2.35. The van der Waals surface area contributed by atoms with Crippen LogP contribution in [0.1, 0.15) is 266 Å². The molecular formula is C104H128N6O12. The Balaban J connectivity index is 0.0000000932.